The number of aliphatic hydroxyl groups is 2. The number of benzene rings is 1. The number of rotatable bonds is 6. The number of carbonyl (C=O) groups is 2. The van der Waals surface area contributed by atoms with E-state index in [1.54, 1.807) is 0 Å². The minimum Gasteiger partial charge on any atom is -0.478 e. The molecule has 1 aromatic rings. The Bertz CT molecular complexity index is 494. The molecule has 1 aromatic carbocycles. The summed E-state index contributed by atoms with van der Waals surface area (Å²) in [5.41, 5.74) is -0.0675. The normalized spacial score (nSPS) is 15.2. The van der Waals surface area contributed by atoms with Crippen molar-refractivity contribution in [2.45, 2.75) is 38.6 Å². The van der Waals surface area contributed by atoms with Crippen LogP contribution >= 0.6 is 0 Å². The van der Waals surface area contributed by atoms with Crippen LogP contribution in [0, 0.1) is 0 Å². The Labute approximate surface area is 116 Å². The number of esters is 1. The first-order chi connectivity index (χ1) is 9.27. The molecule has 0 saturated carbocycles. The number of ether oxygens (including phenoxy) is 1. The minimum absolute atomic E-state index is 0.00567. The summed E-state index contributed by atoms with van der Waals surface area (Å²) in [6.07, 6.45) is -0.321. The van der Waals surface area contributed by atoms with E-state index in [4.69, 9.17) is 9.84 Å². The van der Waals surface area contributed by atoms with E-state index in [9.17, 15) is 19.8 Å². The highest BCUT2D eigenvalue weighted by molar-refractivity contribution is 5.94. The van der Waals surface area contributed by atoms with E-state index in [2.05, 4.69) is 0 Å². The molecule has 2 atom stereocenters. The third kappa shape index (κ3) is 4.04. The fraction of sp³-hybridized carbons (Fsp3) is 0.429. The molecule has 0 heterocycles. The summed E-state index contributed by atoms with van der Waals surface area (Å²) >= 11 is 0. The molecule has 0 aromatic heterocycles. The van der Waals surface area contributed by atoms with Crippen LogP contribution in [-0.4, -0.2) is 39.1 Å². The SMILES string of the molecule is CCCC(O)C(C)(O)OC(=O)c1cccc(C(=O)O)c1. The van der Waals surface area contributed by atoms with E-state index in [0.29, 0.717) is 6.42 Å². The lowest BCUT2D eigenvalue weighted by Gasteiger charge is -2.28. The lowest BCUT2D eigenvalue weighted by atomic mass is 10.1. The highest BCUT2D eigenvalue weighted by Crippen LogP contribution is 2.19. The summed E-state index contributed by atoms with van der Waals surface area (Å²) in [4.78, 5) is 22.7. The number of hydrogen-bond acceptors (Lipinski definition) is 5. The second-order valence-corrected chi connectivity index (χ2v) is 4.63. The van der Waals surface area contributed by atoms with E-state index in [-0.39, 0.29) is 17.5 Å². The third-order valence-electron chi connectivity index (χ3n) is 2.82. The van der Waals surface area contributed by atoms with Gasteiger partial charge in [0, 0.05) is 6.92 Å². The molecule has 6 nitrogen and oxygen atoms in total. The second kappa shape index (κ2) is 6.49. The summed E-state index contributed by atoms with van der Waals surface area (Å²) < 4.78 is 4.85. The summed E-state index contributed by atoms with van der Waals surface area (Å²) in [6, 6.07) is 5.25. The molecule has 0 aliphatic carbocycles. The lowest BCUT2D eigenvalue weighted by Crippen LogP contribution is -2.43. The molecule has 6 heteroatoms. The van der Waals surface area contributed by atoms with Crippen molar-refractivity contribution in [1.82, 2.24) is 0 Å². The Hall–Kier alpha value is -1.92. The molecule has 0 aliphatic heterocycles. The van der Waals surface area contributed by atoms with Crippen molar-refractivity contribution in [3.05, 3.63) is 35.4 Å². The molecular weight excluding hydrogens is 264 g/mol. The van der Waals surface area contributed by atoms with Crippen molar-refractivity contribution in [3.63, 3.8) is 0 Å². The van der Waals surface area contributed by atoms with E-state index in [1.807, 2.05) is 6.92 Å². The monoisotopic (exact) mass is 282 g/mol. The Morgan fingerprint density at radius 2 is 1.95 bits per heavy atom. The molecule has 1 rings (SSSR count). The van der Waals surface area contributed by atoms with Crippen LogP contribution in [0.1, 0.15) is 47.4 Å². The van der Waals surface area contributed by atoms with E-state index in [0.717, 1.165) is 6.07 Å². The standard InChI is InChI=1S/C14H18O6/c1-3-5-11(15)14(2,19)20-13(18)10-7-4-6-9(8-10)12(16)17/h4,6-8,11,15,19H,3,5H2,1-2H3,(H,16,17). The number of carboxylic acids is 1. The fourth-order valence-electron chi connectivity index (χ4n) is 1.64. The van der Waals surface area contributed by atoms with Gasteiger partial charge in [0.2, 0.25) is 5.79 Å². The lowest BCUT2D eigenvalue weighted by molar-refractivity contribution is -0.213. The first-order valence-electron chi connectivity index (χ1n) is 6.25. The Morgan fingerprint density at radius 3 is 2.50 bits per heavy atom. The van der Waals surface area contributed by atoms with Crippen LogP contribution in [0.5, 0.6) is 0 Å². The largest absolute Gasteiger partial charge is 0.478 e. The molecule has 0 amide bonds. The van der Waals surface area contributed by atoms with Gasteiger partial charge >= 0.3 is 11.9 Å². The van der Waals surface area contributed by atoms with Gasteiger partial charge in [-0.1, -0.05) is 19.4 Å². The first kappa shape index (κ1) is 16.1. The number of hydrogen-bond donors (Lipinski definition) is 3. The van der Waals surface area contributed by atoms with Crippen molar-refractivity contribution < 1.29 is 29.6 Å². The van der Waals surface area contributed by atoms with Crippen LogP contribution in [0.4, 0.5) is 0 Å². The van der Waals surface area contributed by atoms with Crippen molar-refractivity contribution in [2.75, 3.05) is 0 Å². The summed E-state index contributed by atoms with van der Waals surface area (Å²) in [5.74, 6) is -4.09. The van der Waals surface area contributed by atoms with Gasteiger partial charge in [0.25, 0.3) is 0 Å². The quantitative estimate of drug-likeness (QED) is 0.538. The van der Waals surface area contributed by atoms with Crippen molar-refractivity contribution in [3.8, 4) is 0 Å². The summed E-state index contributed by atoms with van der Waals surface area (Å²) in [6.45, 7) is 3.00. The van der Waals surface area contributed by atoms with Crippen molar-refractivity contribution in [2.24, 2.45) is 0 Å². The molecule has 3 N–H and O–H groups in total. The maximum absolute atomic E-state index is 11.9. The molecule has 0 aliphatic rings. The molecule has 0 saturated heterocycles. The molecule has 0 spiro atoms. The van der Waals surface area contributed by atoms with Crippen LogP contribution in [0.3, 0.4) is 0 Å². The van der Waals surface area contributed by atoms with E-state index in [1.165, 1.54) is 25.1 Å². The molecule has 0 fully saturated rings. The fourth-order valence-corrected chi connectivity index (χ4v) is 1.64. The Kier molecular flexibility index (Phi) is 5.24. The first-order valence-corrected chi connectivity index (χ1v) is 6.25. The smallest absolute Gasteiger partial charge is 0.340 e. The van der Waals surface area contributed by atoms with Gasteiger partial charge in [0.15, 0.2) is 0 Å². The molecule has 0 radical (unpaired) electrons. The topological polar surface area (TPSA) is 104 Å². The molecule has 20 heavy (non-hydrogen) atoms. The Balaban J connectivity index is 2.85. The third-order valence-corrected chi connectivity index (χ3v) is 2.82. The molecule has 2 unspecified atom stereocenters. The highest BCUT2D eigenvalue weighted by atomic mass is 16.7. The van der Waals surface area contributed by atoms with E-state index < -0.39 is 23.8 Å². The zero-order valence-electron chi connectivity index (χ0n) is 11.4. The van der Waals surface area contributed by atoms with Gasteiger partial charge < -0.3 is 20.1 Å². The van der Waals surface area contributed by atoms with Crippen molar-refractivity contribution >= 4 is 11.9 Å². The van der Waals surface area contributed by atoms with Gasteiger partial charge in [-0.05, 0) is 24.6 Å². The maximum atomic E-state index is 11.9. The molecular formula is C14H18O6. The van der Waals surface area contributed by atoms with Gasteiger partial charge in [-0.2, -0.15) is 0 Å². The van der Waals surface area contributed by atoms with Crippen LogP contribution in [0.15, 0.2) is 24.3 Å². The van der Waals surface area contributed by atoms with Gasteiger partial charge in [-0.15, -0.1) is 0 Å². The second-order valence-electron chi connectivity index (χ2n) is 4.63. The van der Waals surface area contributed by atoms with Crippen LogP contribution in [0.25, 0.3) is 0 Å². The van der Waals surface area contributed by atoms with E-state index >= 15 is 0 Å². The predicted octanol–water partition coefficient (Wildman–Crippen LogP) is 1.41. The number of aliphatic hydroxyl groups excluding tert-OH is 1. The Morgan fingerprint density at radius 1 is 1.35 bits per heavy atom. The molecule has 0 bridgehead atoms. The van der Waals surface area contributed by atoms with Crippen LogP contribution < -0.4 is 0 Å². The average molecular weight is 282 g/mol. The van der Waals surface area contributed by atoms with Crippen LogP contribution in [0.2, 0.25) is 0 Å². The van der Waals surface area contributed by atoms with Gasteiger partial charge in [0.05, 0.1) is 11.1 Å². The highest BCUT2D eigenvalue weighted by Gasteiger charge is 2.34. The summed E-state index contributed by atoms with van der Waals surface area (Å²) in [7, 11) is 0. The number of carboxylic acid groups (broad SMARTS) is 1. The average Bonchev–Trinajstić information content (AvgIpc) is 2.38. The predicted molar refractivity (Wildman–Crippen MR) is 70.4 cm³/mol. The van der Waals surface area contributed by atoms with Crippen LogP contribution in [-0.2, 0) is 4.74 Å². The zero-order chi connectivity index (χ0) is 15.3. The van der Waals surface area contributed by atoms with Crippen molar-refractivity contribution in [1.29, 1.82) is 0 Å². The maximum Gasteiger partial charge on any atom is 0.340 e. The minimum atomic E-state index is -2.02. The van der Waals surface area contributed by atoms with Gasteiger partial charge in [-0.25, -0.2) is 9.59 Å². The van der Waals surface area contributed by atoms with Gasteiger partial charge in [-0.3, -0.25) is 0 Å². The zero-order valence-corrected chi connectivity index (χ0v) is 11.4. The number of aromatic carboxylic acids is 1. The number of carbonyl (C=O) groups excluding carboxylic acids is 1. The molecule has 110 valence electrons. The van der Waals surface area contributed by atoms with Gasteiger partial charge in [0.1, 0.15) is 6.10 Å². The summed E-state index contributed by atoms with van der Waals surface area (Å²) in [5, 5.41) is 28.4.